The molecule has 0 aliphatic heterocycles. The lowest BCUT2D eigenvalue weighted by atomic mass is 9.80. The molecule has 0 bridgehead atoms. The van der Waals surface area contributed by atoms with E-state index in [1.165, 1.54) is 0 Å². The van der Waals surface area contributed by atoms with E-state index in [0.29, 0.717) is 5.47 Å². The third-order valence-electron chi connectivity index (χ3n) is 1.60. The van der Waals surface area contributed by atoms with E-state index in [1.54, 1.807) is 13.0 Å². The SMILES string of the molecule is C/C(=C\c1ccccc1)B(O)O. The Balaban J connectivity index is 2.81. The first-order valence-corrected chi connectivity index (χ1v) is 3.79. The molecule has 2 N–H and O–H groups in total. The molecule has 1 aromatic rings. The topological polar surface area (TPSA) is 40.5 Å². The van der Waals surface area contributed by atoms with Crippen LogP contribution in [0.3, 0.4) is 0 Å². The van der Waals surface area contributed by atoms with Crippen LogP contribution in [-0.4, -0.2) is 17.2 Å². The van der Waals surface area contributed by atoms with Crippen LogP contribution in [0.15, 0.2) is 35.8 Å². The van der Waals surface area contributed by atoms with Gasteiger partial charge < -0.3 is 10.0 Å². The molecule has 0 amide bonds. The minimum Gasteiger partial charge on any atom is -0.423 e. The molecule has 0 unspecified atom stereocenters. The second kappa shape index (κ2) is 4.09. The molecule has 0 heterocycles. The van der Waals surface area contributed by atoms with Crippen LogP contribution >= 0.6 is 0 Å². The largest absolute Gasteiger partial charge is 0.483 e. The van der Waals surface area contributed by atoms with Crippen LogP contribution in [0, 0.1) is 0 Å². The zero-order chi connectivity index (χ0) is 8.97. The first-order valence-electron chi connectivity index (χ1n) is 3.79. The van der Waals surface area contributed by atoms with E-state index in [0.717, 1.165) is 5.56 Å². The van der Waals surface area contributed by atoms with Gasteiger partial charge in [-0.25, -0.2) is 0 Å². The average molecular weight is 162 g/mol. The van der Waals surface area contributed by atoms with Crippen molar-refractivity contribution in [3.8, 4) is 0 Å². The van der Waals surface area contributed by atoms with Gasteiger partial charge in [0, 0.05) is 0 Å². The number of hydrogen-bond donors (Lipinski definition) is 2. The smallest absolute Gasteiger partial charge is 0.423 e. The van der Waals surface area contributed by atoms with Gasteiger partial charge in [0.1, 0.15) is 0 Å². The summed E-state index contributed by atoms with van der Waals surface area (Å²) in [5.41, 5.74) is 1.52. The molecule has 0 aromatic heterocycles. The highest BCUT2D eigenvalue weighted by molar-refractivity contribution is 6.51. The summed E-state index contributed by atoms with van der Waals surface area (Å²) in [5.74, 6) is 0. The molecular formula is C9H11BO2. The predicted octanol–water partition coefficient (Wildman–Crippen LogP) is 1.10. The summed E-state index contributed by atoms with van der Waals surface area (Å²) >= 11 is 0. The monoisotopic (exact) mass is 162 g/mol. The fraction of sp³-hybridized carbons (Fsp3) is 0.111. The van der Waals surface area contributed by atoms with Crippen LogP contribution in [0.1, 0.15) is 12.5 Å². The molecular weight excluding hydrogens is 151 g/mol. The molecule has 12 heavy (non-hydrogen) atoms. The number of hydrogen-bond acceptors (Lipinski definition) is 2. The van der Waals surface area contributed by atoms with Gasteiger partial charge in [0.05, 0.1) is 0 Å². The highest BCUT2D eigenvalue weighted by atomic mass is 16.4. The van der Waals surface area contributed by atoms with Crippen molar-refractivity contribution in [3.63, 3.8) is 0 Å². The Morgan fingerprint density at radius 1 is 1.25 bits per heavy atom. The molecule has 2 nitrogen and oxygen atoms in total. The van der Waals surface area contributed by atoms with Gasteiger partial charge >= 0.3 is 7.12 Å². The Bertz CT molecular complexity index is 267. The van der Waals surface area contributed by atoms with Crippen LogP contribution in [0.4, 0.5) is 0 Å². The van der Waals surface area contributed by atoms with E-state index in [1.807, 2.05) is 30.3 Å². The summed E-state index contributed by atoms with van der Waals surface area (Å²) in [6.45, 7) is 1.68. The van der Waals surface area contributed by atoms with Gasteiger partial charge in [0.15, 0.2) is 0 Å². The zero-order valence-corrected chi connectivity index (χ0v) is 6.94. The Labute approximate surface area is 72.3 Å². The lowest BCUT2D eigenvalue weighted by Gasteiger charge is -1.97. The summed E-state index contributed by atoms with van der Waals surface area (Å²) < 4.78 is 0. The van der Waals surface area contributed by atoms with E-state index < -0.39 is 7.12 Å². The van der Waals surface area contributed by atoms with Gasteiger partial charge in [-0.1, -0.05) is 36.4 Å². The van der Waals surface area contributed by atoms with Crippen LogP contribution in [0.25, 0.3) is 6.08 Å². The van der Waals surface area contributed by atoms with Gasteiger partial charge in [-0.15, -0.1) is 0 Å². The van der Waals surface area contributed by atoms with Gasteiger partial charge in [0.25, 0.3) is 0 Å². The Morgan fingerprint density at radius 3 is 2.33 bits per heavy atom. The molecule has 0 aliphatic rings. The van der Waals surface area contributed by atoms with Gasteiger partial charge in [-0.05, 0) is 18.0 Å². The molecule has 1 aromatic carbocycles. The number of allylic oxidation sites excluding steroid dienone is 1. The molecule has 0 atom stereocenters. The molecule has 62 valence electrons. The van der Waals surface area contributed by atoms with Crippen LogP contribution in [-0.2, 0) is 0 Å². The van der Waals surface area contributed by atoms with Crippen molar-refractivity contribution in [2.45, 2.75) is 6.92 Å². The first kappa shape index (κ1) is 9.04. The van der Waals surface area contributed by atoms with Crippen LogP contribution in [0.5, 0.6) is 0 Å². The number of benzene rings is 1. The van der Waals surface area contributed by atoms with E-state index >= 15 is 0 Å². The minimum absolute atomic E-state index is 0.543. The fourth-order valence-corrected chi connectivity index (χ4v) is 0.887. The Kier molecular flexibility index (Phi) is 3.08. The number of rotatable bonds is 2. The maximum atomic E-state index is 8.77. The van der Waals surface area contributed by atoms with Gasteiger partial charge in [0.2, 0.25) is 0 Å². The lowest BCUT2D eigenvalue weighted by molar-refractivity contribution is 0.419. The van der Waals surface area contributed by atoms with Crippen molar-refractivity contribution in [2.24, 2.45) is 0 Å². The molecule has 1 rings (SSSR count). The molecule has 3 heteroatoms. The first-order chi connectivity index (χ1) is 5.70. The minimum atomic E-state index is -1.36. The van der Waals surface area contributed by atoms with Crippen molar-refractivity contribution in [1.29, 1.82) is 0 Å². The van der Waals surface area contributed by atoms with E-state index in [2.05, 4.69) is 0 Å². The second-order valence-electron chi connectivity index (χ2n) is 2.67. The van der Waals surface area contributed by atoms with Crippen molar-refractivity contribution >= 4 is 13.2 Å². The summed E-state index contributed by atoms with van der Waals surface area (Å²) in [6, 6.07) is 9.55. The van der Waals surface area contributed by atoms with Crippen molar-refractivity contribution in [2.75, 3.05) is 0 Å². The molecule has 0 saturated heterocycles. The maximum absolute atomic E-state index is 8.77. The Morgan fingerprint density at radius 2 is 1.83 bits per heavy atom. The van der Waals surface area contributed by atoms with Crippen molar-refractivity contribution in [3.05, 3.63) is 41.4 Å². The molecule has 0 aliphatic carbocycles. The summed E-state index contributed by atoms with van der Waals surface area (Å²) in [7, 11) is -1.36. The van der Waals surface area contributed by atoms with E-state index in [4.69, 9.17) is 10.0 Å². The van der Waals surface area contributed by atoms with Crippen molar-refractivity contribution in [1.82, 2.24) is 0 Å². The summed E-state index contributed by atoms with van der Waals surface area (Å²) in [6.07, 6.45) is 1.74. The summed E-state index contributed by atoms with van der Waals surface area (Å²) in [5, 5.41) is 17.5. The van der Waals surface area contributed by atoms with E-state index in [9.17, 15) is 0 Å². The summed E-state index contributed by atoms with van der Waals surface area (Å²) in [4.78, 5) is 0. The highest BCUT2D eigenvalue weighted by Gasteiger charge is 2.07. The third kappa shape index (κ3) is 2.53. The molecule has 0 saturated carbocycles. The zero-order valence-electron chi connectivity index (χ0n) is 6.94. The average Bonchev–Trinajstić information content (AvgIpc) is 2.06. The molecule has 0 fully saturated rings. The normalized spacial score (nSPS) is 11.4. The maximum Gasteiger partial charge on any atom is 0.483 e. The van der Waals surface area contributed by atoms with Crippen LogP contribution < -0.4 is 0 Å². The Hall–Kier alpha value is -1.06. The van der Waals surface area contributed by atoms with Gasteiger partial charge in [-0.2, -0.15) is 0 Å². The fourth-order valence-electron chi connectivity index (χ4n) is 0.887. The molecule has 0 spiro atoms. The van der Waals surface area contributed by atoms with Gasteiger partial charge in [-0.3, -0.25) is 0 Å². The quantitative estimate of drug-likeness (QED) is 0.639. The third-order valence-corrected chi connectivity index (χ3v) is 1.60. The van der Waals surface area contributed by atoms with Crippen LogP contribution in [0.2, 0.25) is 0 Å². The second-order valence-corrected chi connectivity index (χ2v) is 2.67. The standard InChI is InChI=1S/C9H11BO2/c1-8(10(11)12)7-9-5-3-2-4-6-9/h2-7,11-12H,1H3/b8-7+. The lowest BCUT2D eigenvalue weighted by Crippen LogP contribution is -2.12. The predicted molar refractivity (Wildman–Crippen MR) is 50.3 cm³/mol. The van der Waals surface area contributed by atoms with Crippen molar-refractivity contribution < 1.29 is 10.0 Å². The van der Waals surface area contributed by atoms with E-state index in [-0.39, 0.29) is 0 Å². The molecule has 0 radical (unpaired) electrons. The highest BCUT2D eigenvalue weighted by Crippen LogP contribution is 2.06.